The highest BCUT2D eigenvalue weighted by atomic mass is 16.7. The first-order valence-electron chi connectivity index (χ1n) is 10.9. The predicted octanol–water partition coefficient (Wildman–Crippen LogP) is 0.433. The van der Waals surface area contributed by atoms with E-state index in [1.807, 2.05) is 13.8 Å². The standard InChI is InChI=1S/C21H32N2O7.2CH4O/c1-14(2)19(26)22(3)9-10-23(4)21(27)29-12-15-5-7-17(8-6-15)30-20-18(25)11-16(24)13-28-20;2*1-2/h5-8,14,16,18,20,24-25H,9-13H2,1-4H3;2*2H,1H3/t16-,18?,20+;;/m1../s1. The zero-order chi connectivity index (χ0) is 26.3. The molecule has 11 nitrogen and oxygen atoms in total. The van der Waals surface area contributed by atoms with Gasteiger partial charge in [0, 0.05) is 53.7 Å². The second kappa shape index (κ2) is 17.1. The first-order valence-corrected chi connectivity index (χ1v) is 10.9. The SMILES string of the molecule is CC(C)C(=O)N(C)CCN(C)C(=O)OCc1ccc(O[C@@H]2OC[C@H](O)CC2O)cc1.CO.CO. The van der Waals surface area contributed by atoms with Crippen molar-refractivity contribution in [3.05, 3.63) is 29.8 Å². The van der Waals surface area contributed by atoms with Crippen molar-refractivity contribution in [3.8, 4) is 5.75 Å². The zero-order valence-corrected chi connectivity index (χ0v) is 20.9. The Bertz CT molecular complexity index is 700. The molecule has 2 rings (SSSR count). The van der Waals surface area contributed by atoms with Crippen LogP contribution < -0.4 is 4.74 Å². The Balaban J connectivity index is 0.00000258. The van der Waals surface area contributed by atoms with E-state index < -0.39 is 24.6 Å². The summed E-state index contributed by atoms with van der Waals surface area (Å²) in [6.45, 7) is 4.69. The van der Waals surface area contributed by atoms with Gasteiger partial charge in [0.2, 0.25) is 12.2 Å². The van der Waals surface area contributed by atoms with Crippen LogP contribution in [0.4, 0.5) is 4.79 Å². The molecule has 0 radical (unpaired) electrons. The van der Waals surface area contributed by atoms with Gasteiger partial charge in [0.1, 0.15) is 18.5 Å². The summed E-state index contributed by atoms with van der Waals surface area (Å²) in [5.41, 5.74) is 0.775. The molecule has 3 atom stereocenters. The van der Waals surface area contributed by atoms with Crippen LogP contribution in [0.3, 0.4) is 0 Å². The Morgan fingerprint density at radius 3 is 2.12 bits per heavy atom. The molecule has 0 aromatic heterocycles. The second-order valence-electron chi connectivity index (χ2n) is 7.81. The third-order valence-corrected chi connectivity index (χ3v) is 4.77. The molecule has 0 bridgehead atoms. The lowest BCUT2D eigenvalue weighted by Crippen LogP contribution is -2.44. The minimum absolute atomic E-state index is 0.0291. The highest BCUT2D eigenvalue weighted by Crippen LogP contribution is 2.20. The molecule has 0 aliphatic carbocycles. The Hall–Kier alpha value is -2.44. The molecule has 1 unspecified atom stereocenters. The molecule has 1 aliphatic heterocycles. The van der Waals surface area contributed by atoms with Crippen LogP contribution in [0.25, 0.3) is 0 Å². The van der Waals surface area contributed by atoms with Crippen LogP contribution in [-0.4, -0.2) is 109 Å². The summed E-state index contributed by atoms with van der Waals surface area (Å²) in [6, 6.07) is 6.89. The fraction of sp³-hybridized carbons (Fsp3) is 0.652. The summed E-state index contributed by atoms with van der Waals surface area (Å²) in [5, 5.41) is 33.3. The summed E-state index contributed by atoms with van der Waals surface area (Å²) in [5.74, 6) is 0.445. The molecule has 2 amide bonds. The molecule has 4 N–H and O–H groups in total. The third kappa shape index (κ3) is 11.1. The molecule has 1 aromatic carbocycles. The van der Waals surface area contributed by atoms with E-state index in [1.54, 1.807) is 43.3 Å². The summed E-state index contributed by atoms with van der Waals surface area (Å²) in [6.07, 6.45) is -2.69. The zero-order valence-electron chi connectivity index (χ0n) is 20.9. The first-order chi connectivity index (χ1) is 16.2. The Labute approximate surface area is 201 Å². The van der Waals surface area contributed by atoms with Crippen LogP contribution >= 0.6 is 0 Å². The van der Waals surface area contributed by atoms with Crippen LogP contribution in [-0.2, 0) is 20.9 Å². The molecule has 1 heterocycles. The van der Waals surface area contributed by atoms with Crippen molar-refractivity contribution < 1.29 is 44.2 Å². The van der Waals surface area contributed by atoms with Crippen molar-refractivity contribution in [2.75, 3.05) is 48.0 Å². The van der Waals surface area contributed by atoms with E-state index >= 15 is 0 Å². The maximum absolute atomic E-state index is 12.1. The number of aliphatic hydroxyl groups is 4. The summed E-state index contributed by atoms with van der Waals surface area (Å²) >= 11 is 0. The van der Waals surface area contributed by atoms with Crippen LogP contribution in [0.2, 0.25) is 0 Å². The summed E-state index contributed by atoms with van der Waals surface area (Å²) in [7, 11) is 5.34. The maximum atomic E-state index is 12.1. The fourth-order valence-electron chi connectivity index (χ4n) is 2.88. The Morgan fingerprint density at radius 2 is 1.59 bits per heavy atom. The van der Waals surface area contributed by atoms with E-state index in [4.69, 9.17) is 24.4 Å². The predicted molar refractivity (Wildman–Crippen MR) is 125 cm³/mol. The normalized spacial score (nSPS) is 19.1. The molecule has 1 aromatic rings. The van der Waals surface area contributed by atoms with Crippen LogP contribution in [0.1, 0.15) is 25.8 Å². The number of ether oxygens (including phenoxy) is 3. The molecule has 1 fully saturated rings. The lowest BCUT2D eigenvalue weighted by atomic mass is 10.1. The monoisotopic (exact) mass is 488 g/mol. The summed E-state index contributed by atoms with van der Waals surface area (Å²) in [4.78, 5) is 27.0. The van der Waals surface area contributed by atoms with Gasteiger partial charge in [-0.05, 0) is 17.7 Å². The number of aliphatic hydroxyl groups excluding tert-OH is 4. The van der Waals surface area contributed by atoms with Crippen molar-refractivity contribution in [3.63, 3.8) is 0 Å². The van der Waals surface area contributed by atoms with Crippen molar-refractivity contribution in [2.24, 2.45) is 5.92 Å². The van der Waals surface area contributed by atoms with Gasteiger partial charge in [-0.1, -0.05) is 26.0 Å². The van der Waals surface area contributed by atoms with Crippen molar-refractivity contribution in [2.45, 2.75) is 45.4 Å². The number of nitrogens with zero attached hydrogens (tertiary/aromatic N) is 2. The van der Waals surface area contributed by atoms with Crippen molar-refractivity contribution in [1.82, 2.24) is 9.80 Å². The van der Waals surface area contributed by atoms with E-state index in [0.29, 0.717) is 18.8 Å². The van der Waals surface area contributed by atoms with Gasteiger partial charge in [-0.3, -0.25) is 4.79 Å². The number of amides is 2. The van der Waals surface area contributed by atoms with Gasteiger partial charge in [-0.15, -0.1) is 0 Å². The molecular weight excluding hydrogens is 448 g/mol. The minimum atomic E-state index is -0.903. The number of carbonyl (C=O) groups excluding carboxylic acids is 2. The van der Waals surface area contributed by atoms with Crippen molar-refractivity contribution >= 4 is 12.0 Å². The Morgan fingerprint density at radius 1 is 1.03 bits per heavy atom. The van der Waals surface area contributed by atoms with E-state index in [-0.39, 0.29) is 31.5 Å². The van der Waals surface area contributed by atoms with Crippen LogP contribution in [0.5, 0.6) is 5.75 Å². The number of carbonyl (C=O) groups is 2. The Kier molecular flexibility index (Phi) is 15.8. The van der Waals surface area contributed by atoms with Crippen LogP contribution in [0.15, 0.2) is 24.3 Å². The van der Waals surface area contributed by atoms with E-state index in [9.17, 15) is 19.8 Å². The highest BCUT2D eigenvalue weighted by Gasteiger charge is 2.30. The quantitative estimate of drug-likeness (QED) is 0.409. The molecule has 11 heteroatoms. The van der Waals surface area contributed by atoms with E-state index in [0.717, 1.165) is 19.8 Å². The van der Waals surface area contributed by atoms with Gasteiger partial charge < -0.3 is 44.4 Å². The molecule has 1 saturated heterocycles. The first kappa shape index (κ1) is 31.6. The topological polar surface area (TPSA) is 149 Å². The summed E-state index contributed by atoms with van der Waals surface area (Å²) < 4.78 is 16.2. The molecule has 196 valence electrons. The smallest absolute Gasteiger partial charge is 0.409 e. The third-order valence-electron chi connectivity index (χ3n) is 4.77. The number of hydrogen-bond donors (Lipinski definition) is 4. The number of hydrogen-bond acceptors (Lipinski definition) is 9. The highest BCUT2D eigenvalue weighted by molar-refractivity contribution is 5.77. The number of rotatable bonds is 8. The van der Waals surface area contributed by atoms with Crippen LogP contribution in [0, 0.1) is 5.92 Å². The molecule has 0 saturated carbocycles. The van der Waals surface area contributed by atoms with Gasteiger partial charge in [-0.25, -0.2) is 4.79 Å². The largest absolute Gasteiger partial charge is 0.462 e. The second-order valence-corrected chi connectivity index (χ2v) is 7.81. The lowest BCUT2D eigenvalue weighted by Gasteiger charge is -2.31. The molecule has 0 spiro atoms. The fourth-order valence-corrected chi connectivity index (χ4v) is 2.88. The minimum Gasteiger partial charge on any atom is -0.462 e. The molecule has 34 heavy (non-hydrogen) atoms. The maximum Gasteiger partial charge on any atom is 0.409 e. The molecular formula is C23H40N2O9. The average Bonchev–Trinajstić information content (AvgIpc) is 2.85. The number of likely N-dealkylation sites (N-methyl/N-ethyl adjacent to an activating group) is 2. The lowest BCUT2D eigenvalue weighted by molar-refractivity contribution is -0.198. The van der Waals surface area contributed by atoms with E-state index in [1.165, 1.54) is 4.90 Å². The van der Waals surface area contributed by atoms with Gasteiger partial charge in [0.15, 0.2) is 0 Å². The van der Waals surface area contributed by atoms with Gasteiger partial charge in [-0.2, -0.15) is 0 Å². The van der Waals surface area contributed by atoms with E-state index in [2.05, 4.69) is 0 Å². The van der Waals surface area contributed by atoms with Gasteiger partial charge in [0.05, 0.1) is 12.7 Å². The van der Waals surface area contributed by atoms with Gasteiger partial charge >= 0.3 is 6.09 Å². The average molecular weight is 489 g/mol. The number of benzene rings is 1. The van der Waals surface area contributed by atoms with Crippen molar-refractivity contribution in [1.29, 1.82) is 0 Å². The molecule has 1 aliphatic rings. The van der Waals surface area contributed by atoms with Gasteiger partial charge in [0.25, 0.3) is 0 Å².